The second-order valence-corrected chi connectivity index (χ2v) is 8.45. The maximum absolute atomic E-state index is 13.1. The molecule has 35 heavy (non-hydrogen) atoms. The molecule has 8 heteroatoms. The maximum atomic E-state index is 13.1. The number of fused-ring (bicyclic) bond motifs is 1. The monoisotopic (exact) mass is 473 g/mol. The lowest BCUT2D eigenvalue weighted by Gasteiger charge is -2.35. The number of ether oxygens (including phenoxy) is 3. The molecule has 0 radical (unpaired) electrons. The van der Waals surface area contributed by atoms with Gasteiger partial charge in [0, 0.05) is 38.9 Å². The zero-order valence-electron chi connectivity index (χ0n) is 19.7. The molecular formula is C27H27N3O5. The van der Waals surface area contributed by atoms with Gasteiger partial charge in [0.1, 0.15) is 17.3 Å². The number of rotatable bonds is 6. The number of pyridine rings is 1. The lowest BCUT2D eigenvalue weighted by Crippen LogP contribution is -2.46. The summed E-state index contributed by atoms with van der Waals surface area (Å²) in [6, 6.07) is 14.5. The number of anilines is 1. The number of piperazine rings is 1. The van der Waals surface area contributed by atoms with E-state index in [1.165, 1.54) is 0 Å². The Balaban J connectivity index is 1.34. The highest BCUT2D eigenvalue weighted by Crippen LogP contribution is 2.40. The zero-order chi connectivity index (χ0) is 24.4. The minimum absolute atomic E-state index is 0.121. The van der Waals surface area contributed by atoms with Gasteiger partial charge in [0.15, 0.2) is 17.3 Å². The fourth-order valence-electron chi connectivity index (χ4n) is 4.44. The van der Waals surface area contributed by atoms with Crippen LogP contribution in [0.1, 0.15) is 21.5 Å². The molecule has 0 spiro atoms. The number of carbonyl (C=O) groups excluding carboxylic acids is 1. The van der Waals surface area contributed by atoms with Gasteiger partial charge in [-0.15, -0.1) is 0 Å². The molecule has 2 aliphatic rings. The Kier molecular flexibility index (Phi) is 6.29. The molecule has 0 amide bonds. The van der Waals surface area contributed by atoms with Gasteiger partial charge in [-0.2, -0.15) is 0 Å². The first-order valence-electron chi connectivity index (χ1n) is 11.5. The summed E-state index contributed by atoms with van der Waals surface area (Å²) in [5.41, 5.74) is 1.82. The van der Waals surface area contributed by atoms with E-state index in [0.29, 0.717) is 34.9 Å². The van der Waals surface area contributed by atoms with Gasteiger partial charge in [0.25, 0.3) is 0 Å². The first-order valence-corrected chi connectivity index (χ1v) is 11.5. The van der Waals surface area contributed by atoms with E-state index in [0.717, 1.165) is 37.6 Å². The fraction of sp³-hybridized carbons (Fsp3) is 0.259. The van der Waals surface area contributed by atoms with Gasteiger partial charge in [-0.3, -0.25) is 9.69 Å². The Morgan fingerprint density at radius 3 is 2.54 bits per heavy atom. The van der Waals surface area contributed by atoms with E-state index in [9.17, 15) is 9.90 Å². The van der Waals surface area contributed by atoms with Crippen LogP contribution in [0, 0.1) is 0 Å². The summed E-state index contributed by atoms with van der Waals surface area (Å²) in [6.07, 6.45) is 3.48. The maximum Gasteiger partial charge on any atom is 0.231 e. The van der Waals surface area contributed by atoms with Crippen LogP contribution < -0.4 is 19.1 Å². The summed E-state index contributed by atoms with van der Waals surface area (Å²) in [6.45, 7) is 3.76. The van der Waals surface area contributed by atoms with Crippen LogP contribution in [0.4, 0.5) is 5.82 Å². The molecule has 5 rings (SSSR count). The van der Waals surface area contributed by atoms with Crippen molar-refractivity contribution in [2.45, 2.75) is 6.54 Å². The minimum atomic E-state index is -0.212. The van der Waals surface area contributed by atoms with Crippen molar-refractivity contribution in [1.82, 2.24) is 9.88 Å². The van der Waals surface area contributed by atoms with Crippen LogP contribution in [-0.2, 0) is 6.54 Å². The summed E-state index contributed by atoms with van der Waals surface area (Å²) < 4.78 is 16.7. The number of nitrogens with zero attached hydrogens (tertiary/aromatic N) is 3. The Labute approximate surface area is 204 Å². The molecule has 1 saturated heterocycles. The van der Waals surface area contributed by atoms with Crippen molar-refractivity contribution in [3.8, 4) is 23.0 Å². The quantitative estimate of drug-likeness (QED) is 0.542. The number of aromatic nitrogens is 1. The van der Waals surface area contributed by atoms with Gasteiger partial charge in [0.05, 0.1) is 25.3 Å². The number of aromatic hydroxyl groups is 1. The normalized spacial score (nSPS) is 16.8. The molecule has 8 nitrogen and oxygen atoms in total. The van der Waals surface area contributed by atoms with E-state index in [-0.39, 0.29) is 17.3 Å². The van der Waals surface area contributed by atoms with Gasteiger partial charge < -0.3 is 24.2 Å². The Morgan fingerprint density at radius 2 is 1.83 bits per heavy atom. The van der Waals surface area contributed by atoms with E-state index in [2.05, 4.69) is 14.8 Å². The molecule has 1 N–H and O–H groups in total. The number of carbonyl (C=O) groups is 1. The Hall–Kier alpha value is -4.04. The number of hydrogen-bond donors (Lipinski definition) is 1. The third-order valence-corrected chi connectivity index (χ3v) is 6.35. The largest absolute Gasteiger partial charge is 0.507 e. The van der Waals surface area contributed by atoms with E-state index < -0.39 is 0 Å². The molecule has 3 aromatic rings. The number of phenols is 1. The van der Waals surface area contributed by atoms with Crippen molar-refractivity contribution in [1.29, 1.82) is 0 Å². The molecule has 1 fully saturated rings. The van der Waals surface area contributed by atoms with Gasteiger partial charge in [-0.1, -0.05) is 12.1 Å². The van der Waals surface area contributed by atoms with Crippen LogP contribution in [0.15, 0.2) is 60.5 Å². The standard InChI is InChI=1S/C27H27N3O5/c1-33-22-9-6-18(15-23(22)34-2)16-24-26(32)19-7-8-21(31)20(27(19)35-24)17-29-11-13-30(14-12-29)25-5-3-4-10-28-25/h3-10,15-16,31H,11-14,17H2,1-2H3/b24-16-. The van der Waals surface area contributed by atoms with Crippen molar-refractivity contribution in [2.24, 2.45) is 0 Å². The molecular weight excluding hydrogens is 446 g/mol. The number of phenolic OH excluding ortho intramolecular Hbond substituents is 1. The van der Waals surface area contributed by atoms with E-state index in [4.69, 9.17) is 14.2 Å². The molecule has 2 aliphatic heterocycles. The van der Waals surface area contributed by atoms with Crippen molar-refractivity contribution >= 4 is 17.7 Å². The molecule has 2 aromatic carbocycles. The van der Waals surface area contributed by atoms with E-state index in [1.54, 1.807) is 50.8 Å². The third kappa shape index (κ3) is 4.52. The zero-order valence-corrected chi connectivity index (χ0v) is 19.7. The number of ketones is 1. The van der Waals surface area contributed by atoms with Gasteiger partial charge in [-0.05, 0) is 48.0 Å². The van der Waals surface area contributed by atoms with Crippen molar-refractivity contribution in [3.63, 3.8) is 0 Å². The molecule has 1 aromatic heterocycles. The van der Waals surface area contributed by atoms with Crippen molar-refractivity contribution < 1.29 is 24.1 Å². The SMILES string of the molecule is COc1ccc(/C=C2\Oc3c(ccc(O)c3CN3CCN(c4ccccn4)CC3)C2=O)cc1OC. The van der Waals surface area contributed by atoms with Crippen LogP contribution in [0.3, 0.4) is 0 Å². The second kappa shape index (κ2) is 9.68. The average Bonchev–Trinajstić information content (AvgIpc) is 3.21. The number of allylic oxidation sites excluding steroid dienone is 1. The number of hydrogen-bond acceptors (Lipinski definition) is 8. The summed E-state index contributed by atoms with van der Waals surface area (Å²) in [4.78, 5) is 22.0. The highest BCUT2D eigenvalue weighted by atomic mass is 16.5. The smallest absolute Gasteiger partial charge is 0.231 e. The average molecular weight is 474 g/mol. The van der Waals surface area contributed by atoms with Crippen LogP contribution in [0.2, 0.25) is 0 Å². The lowest BCUT2D eigenvalue weighted by atomic mass is 10.0. The molecule has 0 unspecified atom stereocenters. The van der Waals surface area contributed by atoms with Gasteiger partial charge >= 0.3 is 0 Å². The highest BCUT2D eigenvalue weighted by Gasteiger charge is 2.32. The van der Waals surface area contributed by atoms with Gasteiger partial charge in [0.2, 0.25) is 5.78 Å². The topological polar surface area (TPSA) is 84.4 Å². The minimum Gasteiger partial charge on any atom is -0.507 e. The second-order valence-electron chi connectivity index (χ2n) is 8.45. The lowest BCUT2D eigenvalue weighted by molar-refractivity contribution is 0.101. The van der Waals surface area contributed by atoms with E-state index >= 15 is 0 Å². The molecule has 0 aliphatic carbocycles. The number of benzene rings is 2. The Bertz CT molecular complexity index is 1270. The molecule has 3 heterocycles. The molecule has 0 saturated carbocycles. The number of Topliss-reactive ketones (excluding diaryl/α,β-unsaturated/α-hetero) is 1. The molecule has 0 bridgehead atoms. The molecule has 0 atom stereocenters. The predicted molar refractivity (Wildman–Crippen MR) is 132 cm³/mol. The first-order chi connectivity index (χ1) is 17.1. The Morgan fingerprint density at radius 1 is 1.03 bits per heavy atom. The highest BCUT2D eigenvalue weighted by molar-refractivity contribution is 6.15. The van der Waals surface area contributed by atoms with E-state index in [1.807, 2.05) is 24.3 Å². The van der Waals surface area contributed by atoms with Crippen molar-refractivity contribution in [3.05, 3.63) is 77.2 Å². The fourth-order valence-corrected chi connectivity index (χ4v) is 4.44. The van der Waals surface area contributed by atoms with Crippen LogP contribution in [0.5, 0.6) is 23.0 Å². The summed E-state index contributed by atoms with van der Waals surface area (Å²) in [5, 5.41) is 10.6. The van der Waals surface area contributed by atoms with Crippen molar-refractivity contribution in [2.75, 3.05) is 45.3 Å². The number of methoxy groups -OCH3 is 2. The summed E-state index contributed by atoms with van der Waals surface area (Å²) in [5.74, 6) is 2.68. The predicted octanol–water partition coefficient (Wildman–Crippen LogP) is 3.74. The third-order valence-electron chi connectivity index (χ3n) is 6.35. The van der Waals surface area contributed by atoms with Crippen LogP contribution in [0.25, 0.3) is 6.08 Å². The summed E-state index contributed by atoms with van der Waals surface area (Å²) >= 11 is 0. The van der Waals surface area contributed by atoms with Gasteiger partial charge in [-0.25, -0.2) is 4.98 Å². The van der Waals surface area contributed by atoms with Crippen LogP contribution in [-0.4, -0.2) is 61.2 Å². The first kappa shape index (κ1) is 22.7. The molecule has 180 valence electrons. The summed E-state index contributed by atoms with van der Waals surface area (Å²) in [7, 11) is 3.13. The van der Waals surface area contributed by atoms with Crippen LogP contribution >= 0.6 is 0 Å².